The lowest BCUT2D eigenvalue weighted by molar-refractivity contribution is -0.0270. The summed E-state index contributed by atoms with van der Waals surface area (Å²) >= 11 is 0. The van der Waals surface area contributed by atoms with Gasteiger partial charge in [0.2, 0.25) is 0 Å². The maximum atomic E-state index is 11.5. The summed E-state index contributed by atoms with van der Waals surface area (Å²) in [5.74, 6) is 0.169. The maximum Gasteiger partial charge on any atom is 0.351 e. The van der Waals surface area contributed by atoms with E-state index in [0.29, 0.717) is 6.42 Å². The molecule has 1 saturated heterocycles. The maximum absolute atomic E-state index is 11.5. The number of nitrogens with two attached hydrogens (primary N) is 2. The second-order valence-corrected chi connectivity index (χ2v) is 3.75. The lowest BCUT2D eigenvalue weighted by atomic mass is 10.1. The van der Waals surface area contributed by atoms with Gasteiger partial charge in [-0.25, -0.2) is 4.79 Å². The summed E-state index contributed by atoms with van der Waals surface area (Å²) < 4.78 is 6.76. The Bertz CT molecular complexity index is 433. The predicted molar refractivity (Wildman–Crippen MR) is 56.5 cm³/mol. The van der Waals surface area contributed by atoms with Gasteiger partial charge in [0.1, 0.15) is 12.0 Å². The zero-order valence-electron chi connectivity index (χ0n) is 8.61. The van der Waals surface area contributed by atoms with Crippen LogP contribution in [0.4, 0.5) is 5.82 Å². The molecule has 2 heterocycles. The Kier molecular flexibility index (Phi) is 2.90. The Morgan fingerprint density at radius 1 is 1.69 bits per heavy atom. The second-order valence-electron chi connectivity index (χ2n) is 3.75. The molecular weight excluding hydrogens is 212 g/mol. The van der Waals surface area contributed by atoms with E-state index in [2.05, 4.69) is 4.98 Å². The van der Waals surface area contributed by atoms with Crippen molar-refractivity contribution in [1.82, 2.24) is 9.55 Å². The van der Waals surface area contributed by atoms with Crippen molar-refractivity contribution in [1.29, 1.82) is 0 Å². The van der Waals surface area contributed by atoms with Crippen LogP contribution in [0.5, 0.6) is 0 Å². The Hall–Kier alpha value is -1.44. The molecule has 0 spiro atoms. The van der Waals surface area contributed by atoms with Crippen LogP contribution in [-0.2, 0) is 4.74 Å². The van der Waals surface area contributed by atoms with Gasteiger partial charge >= 0.3 is 5.69 Å². The quantitative estimate of drug-likeness (QED) is 0.561. The fourth-order valence-corrected chi connectivity index (χ4v) is 1.75. The van der Waals surface area contributed by atoms with Crippen molar-refractivity contribution in [2.45, 2.75) is 24.8 Å². The Balaban J connectivity index is 2.23. The van der Waals surface area contributed by atoms with E-state index in [1.54, 1.807) is 0 Å². The highest BCUT2D eigenvalue weighted by Gasteiger charge is 2.33. The number of anilines is 1. The zero-order chi connectivity index (χ0) is 11.7. The highest BCUT2D eigenvalue weighted by atomic mass is 16.5. The van der Waals surface area contributed by atoms with E-state index in [1.807, 2.05) is 0 Å². The van der Waals surface area contributed by atoms with E-state index in [0.717, 1.165) is 0 Å². The van der Waals surface area contributed by atoms with E-state index in [-0.39, 0.29) is 18.5 Å². The molecule has 1 aliphatic heterocycles. The normalized spacial score (nSPS) is 29.5. The van der Waals surface area contributed by atoms with Crippen molar-refractivity contribution in [3.05, 3.63) is 22.7 Å². The standard InChI is InChI=1S/C9H14N4O3/c10-5-3-8(16-6(5)4-14)13-2-1-7(11)12-9(13)15/h1-2,5-6,8,14H,3-4,10H2,(H2,11,12,15)/t5-,6-,8-/m1/s1. The third kappa shape index (κ3) is 1.92. The van der Waals surface area contributed by atoms with E-state index >= 15 is 0 Å². The largest absolute Gasteiger partial charge is 0.394 e. The summed E-state index contributed by atoms with van der Waals surface area (Å²) in [4.78, 5) is 15.1. The molecule has 0 saturated carbocycles. The minimum absolute atomic E-state index is 0.158. The second kappa shape index (κ2) is 4.20. The Morgan fingerprint density at radius 2 is 2.44 bits per heavy atom. The molecule has 7 nitrogen and oxygen atoms in total. The molecule has 88 valence electrons. The van der Waals surface area contributed by atoms with Crippen molar-refractivity contribution >= 4 is 5.82 Å². The van der Waals surface area contributed by atoms with Crippen molar-refractivity contribution in [2.24, 2.45) is 5.73 Å². The number of nitrogens with zero attached hydrogens (tertiary/aromatic N) is 2. The lowest BCUT2D eigenvalue weighted by Crippen LogP contribution is -2.32. The number of aliphatic hydroxyl groups excluding tert-OH is 1. The topological polar surface area (TPSA) is 116 Å². The molecule has 5 N–H and O–H groups in total. The van der Waals surface area contributed by atoms with E-state index in [4.69, 9.17) is 21.3 Å². The highest BCUT2D eigenvalue weighted by Crippen LogP contribution is 2.25. The van der Waals surface area contributed by atoms with Gasteiger partial charge in [-0.3, -0.25) is 4.57 Å². The molecular formula is C9H14N4O3. The van der Waals surface area contributed by atoms with Crippen molar-refractivity contribution in [3.63, 3.8) is 0 Å². The summed E-state index contributed by atoms with van der Waals surface area (Å²) in [6.07, 6.45) is 1.07. The third-order valence-electron chi connectivity index (χ3n) is 2.62. The van der Waals surface area contributed by atoms with Crippen LogP contribution in [0.25, 0.3) is 0 Å². The first-order valence-electron chi connectivity index (χ1n) is 4.98. The summed E-state index contributed by atoms with van der Waals surface area (Å²) in [6.45, 7) is -0.158. The molecule has 1 aromatic rings. The number of aromatic nitrogens is 2. The summed E-state index contributed by atoms with van der Waals surface area (Å²) in [5, 5.41) is 8.99. The molecule has 1 aliphatic rings. The van der Waals surface area contributed by atoms with Gasteiger partial charge in [-0.2, -0.15) is 4.98 Å². The van der Waals surface area contributed by atoms with Gasteiger partial charge in [-0.15, -0.1) is 0 Å². The summed E-state index contributed by atoms with van der Waals surface area (Å²) in [5.41, 5.74) is 10.7. The van der Waals surface area contributed by atoms with Gasteiger partial charge in [0, 0.05) is 18.7 Å². The number of aliphatic hydroxyl groups is 1. The van der Waals surface area contributed by atoms with Crippen LogP contribution in [0.15, 0.2) is 17.1 Å². The fourth-order valence-electron chi connectivity index (χ4n) is 1.75. The molecule has 7 heteroatoms. The van der Waals surface area contributed by atoms with E-state index in [9.17, 15) is 4.79 Å². The monoisotopic (exact) mass is 226 g/mol. The van der Waals surface area contributed by atoms with Crippen LogP contribution < -0.4 is 17.2 Å². The van der Waals surface area contributed by atoms with E-state index in [1.165, 1.54) is 16.8 Å². The lowest BCUT2D eigenvalue weighted by Gasteiger charge is -2.14. The molecule has 1 fully saturated rings. The first kappa shape index (κ1) is 11.1. The number of nitrogen functional groups attached to an aromatic ring is 1. The SMILES string of the molecule is Nc1ccn([C@H]2C[C@@H](N)[C@@H](CO)O2)c(=O)n1. The molecule has 0 unspecified atom stereocenters. The van der Waals surface area contributed by atoms with Crippen LogP contribution in [0.2, 0.25) is 0 Å². The molecule has 0 amide bonds. The average Bonchev–Trinajstić information content (AvgIpc) is 2.59. The number of hydrogen-bond acceptors (Lipinski definition) is 6. The van der Waals surface area contributed by atoms with Gasteiger partial charge in [-0.05, 0) is 6.07 Å². The Morgan fingerprint density at radius 3 is 3.00 bits per heavy atom. The van der Waals surface area contributed by atoms with Gasteiger partial charge < -0.3 is 21.3 Å². The van der Waals surface area contributed by atoms with Crippen LogP contribution in [0.3, 0.4) is 0 Å². The molecule has 0 aliphatic carbocycles. The van der Waals surface area contributed by atoms with Crippen molar-refractivity contribution < 1.29 is 9.84 Å². The van der Waals surface area contributed by atoms with Crippen molar-refractivity contribution in [3.8, 4) is 0 Å². The van der Waals surface area contributed by atoms with Gasteiger partial charge in [0.15, 0.2) is 0 Å². The zero-order valence-corrected chi connectivity index (χ0v) is 8.61. The predicted octanol–water partition coefficient (Wildman–Crippen LogP) is -1.57. The first-order chi connectivity index (χ1) is 7.61. The summed E-state index contributed by atoms with van der Waals surface area (Å²) in [7, 11) is 0. The smallest absolute Gasteiger partial charge is 0.351 e. The first-order valence-corrected chi connectivity index (χ1v) is 4.98. The molecule has 16 heavy (non-hydrogen) atoms. The number of hydrogen-bond donors (Lipinski definition) is 3. The van der Waals surface area contributed by atoms with Crippen molar-refractivity contribution in [2.75, 3.05) is 12.3 Å². The van der Waals surface area contributed by atoms with Crippen LogP contribution in [-0.4, -0.2) is 33.4 Å². The van der Waals surface area contributed by atoms with Gasteiger partial charge in [0.05, 0.1) is 12.7 Å². The number of rotatable bonds is 2. The van der Waals surface area contributed by atoms with Gasteiger partial charge in [0.25, 0.3) is 0 Å². The highest BCUT2D eigenvalue weighted by molar-refractivity contribution is 5.23. The molecule has 3 atom stereocenters. The molecule has 0 bridgehead atoms. The minimum atomic E-state index is -0.479. The van der Waals surface area contributed by atoms with Crippen LogP contribution in [0, 0.1) is 0 Å². The molecule has 2 rings (SSSR count). The third-order valence-corrected chi connectivity index (χ3v) is 2.62. The Labute approximate surface area is 91.6 Å². The average molecular weight is 226 g/mol. The molecule has 0 radical (unpaired) electrons. The minimum Gasteiger partial charge on any atom is -0.394 e. The van der Waals surface area contributed by atoms with E-state index < -0.39 is 18.0 Å². The summed E-state index contributed by atoms with van der Waals surface area (Å²) in [6, 6.07) is 1.24. The van der Waals surface area contributed by atoms with Crippen LogP contribution >= 0.6 is 0 Å². The molecule has 0 aromatic carbocycles. The van der Waals surface area contributed by atoms with Crippen LogP contribution in [0.1, 0.15) is 12.6 Å². The van der Waals surface area contributed by atoms with Gasteiger partial charge in [-0.1, -0.05) is 0 Å². The number of ether oxygens (including phenoxy) is 1. The fraction of sp³-hybridized carbons (Fsp3) is 0.556. The molecule has 1 aromatic heterocycles.